The summed E-state index contributed by atoms with van der Waals surface area (Å²) in [6.45, 7) is 2.90. The van der Waals surface area contributed by atoms with E-state index in [1.165, 1.54) is 18.9 Å². The number of hydrogen-bond acceptors (Lipinski definition) is 5. The fourth-order valence-corrected chi connectivity index (χ4v) is 4.66. The van der Waals surface area contributed by atoms with Crippen molar-refractivity contribution in [1.29, 1.82) is 0 Å². The van der Waals surface area contributed by atoms with Crippen molar-refractivity contribution < 1.29 is 13.2 Å². The first kappa shape index (κ1) is 23.9. The van der Waals surface area contributed by atoms with Crippen LogP contribution < -0.4 is 10.0 Å². The van der Waals surface area contributed by atoms with E-state index in [2.05, 4.69) is 15.0 Å². The Kier molecular flexibility index (Phi) is 10.7. The van der Waals surface area contributed by atoms with Crippen LogP contribution in [0.4, 0.5) is 0 Å². The van der Waals surface area contributed by atoms with Gasteiger partial charge in [-0.25, -0.2) is 13.1 Å². The molecule has 0 amide bonds. The maximum absolute atomic E-state index is 12.1. The second-order valence-electron chi connectivity index (χ2n) is 5.87. The molecule has 0 bridgehead atoms. The lowest BCUT2D eigenvalue weighted by molar-refractivity contribution is 0.115. The molecule has 26 heavy (non-hydrogen) atoms. The molecule has 0 saturated heterocycles. The highest BCUT2D eigenvalue weighted by molar-refractivity contribution is 14.0. The molecule has 0 radical (unpaired) electrons. The van der Waals surface area contributed by atoms with Gasteiger partial charge in [0, 0.05) is 40.3 Å². The number of aliphatic imine (C=N–C) groups is 1. The number of guanidine groups is 1. The minimum atomic E-state index is -3.51. The molecule has 0 spiro atoms. The third kappa shape index (κ3) is 8.26. The van der Waals surface area contributed by atoms with Gasteiger partial charge in [0.05, 0.1) is 10.9 Å². The summed E-state index contributed by atoms with van der Waals surface area (Å²) in [6.07, 6.45) is 2.57. The number of rotatable bonds is 10. The van der Waals surface area contributed by atoms with Gasteiger partial charge in [0.15, 0.2) is 5.96 Å². The van der Waals surface area contributed by atoms with Crippen LogP contribution in [0.3, 0.4) is 0 Å². The van der Waals surface area contributed by atoms with Crippen molar-refractivity contribution in [3.8, 4) is 0 Å². The minimum absolute atomic E-state index is 0. The quantitative estimate of drug-likeness (QED) is 0.207. The maximum atomic E-state index is 12.1. The highest BCUT2D eigenvalue weighted by Gasteiger charge is 2.21. The summed E-state index contributed by atoms with van der Waals surface area (Å²) in [7, 11) is 0.107. The maximum Gasteiger partial charge on any atom is 0.250 e. The first-order valence-corrected chi connectivity index (χ1v) is 10.8. The monoisotopic (exact) mass is 536 g/mol. The summed E-state index contributed by atoms with van der Waals surface area (Å²) >= 11 is 6.81. The van der Waals surface area contributed by atoms with Crippen molar-refractivity contribution in [2.24, 2.45) is 10.9 Å². The lowest BCUT2D eigenvalue weighted by Gasteiger charge is -2.22. The van der Waals surface area contributed by atoms with Crippen LogP contribution in [-0.2, 0) is 14.8 Å². The molecular weight excluding hydrogens is 511 g/mol. The number of nitrogens with one attached hydrogen (secondary N) is 2. The van der Waals surface area contributed by atoms with Crippen LogP contribution in [0.15, 0.2) is 21.3 Å². The normalized spacial score (nSPS) is 14.8. The van der Waals surface area contributed by atoms with Crippen LogP contribution >= 0.6 is 46.9 Å². The average molecular weight is 537 g/mol. The molecule has 1 fully saturated rings. The van der Waals surface area contributed by atoms with Crippen molar-refractivity contribution in [2.75, 3.05) is 46.9 Å². The van der Waals surface area contributed by atoms with Gasteiger partial charge in [-0.05, 0) is 30.9 Å². The van der Waals surface area contributed by atoms with Crippen LogP contribution in [0.25, 0.3) is 0 Å². The van der Waals surface area contributed by atoms with E-state index in [0.717, 1.165) is 30.4 Å². The molecule has 2 rings (SSSR count). The van der Waals surface area contributed by atoms with Gasteiger partial charge in [-0.15, -0.1) is 35.3 Å². The molecular formula is C15H26ClIN4O3S2. The fraction of sp³-hybridized carbons (Fsp3) is 0.667. The number of likely N-dealkylation sites (N-methyl/N-ethyl adjacent to an activating group) is 1. The van der Waals surface area contributed by atoms with Crippen LogP contribution in [0.2, 0.25) is 4.34 Å². The molecule has 2 N–H and O–H groups in total. The van der Waals surface area contributed by atoms with Gasteiger partial charge in [-0.3, -0.25) is 4.99 Å². The number of nitrogens with zero attached hydrogens (tertiary/aromatic N) is 2. The second kappa shape index (κ2) is 11.6. The zero-order chi connectivity index (χ0) is 18.3. The van der Waals surface area contributed by atoms with E-state index in [9.17, 15) is 8.42 Å². The van der Waals surface area contributed by atoms with Crippen molar-refractivity contribution in [3.63, 3.8) is 0 Å². The summed E-state index contributed by atoms with van der Waals surface area (Å²) in [5.41, 5.74) is 0. The van der Waals surface area contributed by atoms with Crippen LogP contribution in [-0.4, -0.2) is 66.2 Å². The van der Waals surface area contributed by atoms with Gasteiger partial charge < -0.3 is 15.0 Å². The van der Waals surface area contributed by atoms with E-state index < -0.39 is 10.0 Å². The summed E-state index contributed by atoms with van der Waals surface area (Å²) < 4.78 is 33.0. The molecule has 1 heterocycles. The van der Waals surface area contributed by atoms with Crippen LogP contribution in [0, 0.1) is 5.92 Å². The Morgan fingerprint density at radius 2 is 2.15 bits per heavy atom. The van der Waals surface area contributed by atoms with Crippen molar-refractivity contribution in [3.05, 3.63) is 16.5 Å². The predicted molar refractivity (Wildman–Crippen MR) is 117 cm³/mol. The summed E-state index contributed by atoms with van der Waals surface area (Å²) in [5.74, 6) is 1.46. The van der Waals surface area contributed by atoms with E-state index in [1.54, 1.807) is 13.1 Å². The molecule has 1 saturated carbocycles. The summed E-state index contributed by atoms with van der Waals surface area (Å²) in [6, 6.07) is 3.07. The Labute approximate surface area is 181 Å². The van der Waals surface area contributed by atoms with E-state index in [-0.39, 0.29) is 34.7 Å². The molecule has 7 nitrogen and oxygen atoms in total. The van der Waals surface area contributed by atoms with Gasteiger partial charge >= 0.3 is 0 Å². The van der Waals surface area contributed by atoms with E-state index in [1.807, 2.05) is 11.9 Å². The first-order chi connectivity index (χ1) is 11.9. The summed E-state index contributed by atoms with van der Waals surface area (Å²) in [4.78, 5) is 6.15. The highest BCUT2D eigenvalue weighted by Crippen LogP contribution is 2.28. The fourth-order valence-electron chi connectivity index (χ4n) is 2.10. The average Bonchev–Trinajstić information content (AvgIpc) is 3.29. The molecule has 1 aromatic rings. The SMILES string of the molecule is CN=C(NCCNS(=O)(=O)c1ccc(Cl)s1)N(C)CCOCC1CC1.I. The lowest BCUT2D eigenvalue weighted by atomic mass is 10.5. The Morgan fingerprint density at radius 3 is 2.73 bits per heavy atom. The zero-order valence-corrected chi connectivity index (χ0v) is 19.6. The van der Waals surface area contributed by atoms with Gasteiger partial charge in [-0.1, -0.05) is 11.6 Å². The highest BCUT2D eigenvalue weighted by atomic mass is 127. The number of hydrogen-bond donors (Lipinski definition) is 2. The lowest BCUT2D eigenvalue weighted by Crippen LogP contribution is -2.43. The number of halogens is 2. The van der Waals surface area contributed by atoms with Crippen molar-refractivity contribution in [1.82, 2.24) is 14.9 Å². The van der Waals surface area contributed by atoms with Gasteiger partial charge in [0.2, 0.25) is 10.0 Å². The third-order valence-electron chi connectivity index (χ3n) is 3.71. The second-order valence-corrected chi connectivity index (χ2v) is 9.58. The molecule has 1 aliphatic carbocycles. The predicted octanol–water partition coefficient (Wildman–Crippen LogP) is 2.23. The van der Waals surface area contributed by atoms with Crippen LogP contribution in [0.5, 0.6) is 0 Å². The molecule has 11 heteroatoms. The number of thiophene rings is 1. The standard InChI is InChI=1S/C15H25ClN4O3S2.HI/c1-17-15(20(2)9-10-23-11-12-3-4-12)18-7-8-19-25(21,22)14-6-5-13(16)24-14;/h5-6,12,19H,3-4,7-11H2,1-2H3,(H,17,18);1H. The van der Waals surface area contributed by atoms with Gasteiger partial charge in [-0.2, -0.15) is 0 Å². The molecule has 0 unspecified atom stereocenters. The first-order valence-electron chi connectivity index (χ1n) is 8.17. The van der Waals surface area contributed by atoms with E-state index >= 15 is 0 Å². The van der Waals surface area contributed by atoms with Crippen molar-refractivity contribution >= 4 is 62.9 Å². The minimum Gasteiger partial charge on any atom is -0.379 e. The Morgan fingerprint density at radius 1 is 1.42 bits per heavy atom. The molecule has 1 aromatic heterocycles. The Balaban J connectivity index is 0.00000338. The molecule has 0 aliphatic heterocycles. The van der Waals surface area contributed by atoms with Crippen molar-refractivity contribution in [2.45, 2.75) is 17.1 Å². The Bertz CT molecular complexity index is 680. The molecule has 1 aliphatic rings. The van der Waals surface area contributed by atoms with Gasteiger partial charge in [0.1, 0.15) is 4.21 Å². The smallest absolute Gasteiger partial charge is 0.250 e. The zero-order valence-electron chi connectivity index (χ0n) is 14.9. The summed E-state index contributed by atoms with van der Waals surface area (Å²) in [5, 5.41) is 3.13. The van der Waals surface area contributed by atoms with Gasteiger partial charge in [0.25, 0.3) is 0 Å². The van der Waals surface area contributed by atoms with Crippen LogP contribution in [0.1, 0.15) is 12.8 Å². The number of sulfonamides is 1. The molecule has 0 atom stereocenters. The largest absolute Gasteiger partial charge is 0.379 e. The molecule has 150 valence electrons. The third-order valence-corrected chi connectivity index (χ3v) is 6.89. The Hall–Kier alpha value is -0.140. The van der Waals surface area contributed by atoms with E-state index in [4.69, 9.17) is 16.3 Å². The molecule has 0 aromatic carbocycles. The topological polar surface area (TPSA) is 83.0 Å². The van der Waals surface area contributed by atoms with E-state index in [0.29, 0.717) is 23.4 Å². The number of ether oxygens (including phenoxy) is 1.